The summed E-state index contributed by atoms with van der Waals surface area (Å²) in [6, 6.07) is 12.9. The number of hydrogen-bond acceptors (Lipinski definition) is 4. The van der Waals surface area contributed by atoms with Crippen LogP contribution in [0.3, 0.4) is 0 Å². The van der Waals surface area contributed by atoms with Crippen LogP contribution < -0.4 is 15.4 Å². The molecule has 3 rings (SSSR count). The SMILES string of the molecule is COc1cccc(NC(=O)NCc2ccnc(-c3ccsc3)c2)c1. The molecule has 24 heavy (non-hydrogen) atoms. The van der Waals surface area contributed by atoms with Crippen molar-refractivity contribution in [3.05, 3.63) is 65.0 Å². The van der Waals surface area contributed by atoms with E-state index in [0.29, 0.717) is 18.0 Å². The molecule has 0 aliphatic rings. The van der Waals surface area contributed by atoms with Crippen LogP contribution in [0.1, 0.15) is 5.56 Å². The zero-order valence-corrected chi connectivity index (χ0v) is 14.0. The van der Waals surface area contributed by atoms with E-state index in [2.05, 4.69) is 21.0 Å². The number of benzene rings is 1. The standard InChI is InChI=1S/C18H17N3O2S/c1-23-16-4-2-3-15(10-16)21-18(22)20-11-13-5-7-19-17(9-13)14-6-8-24-12-14/h2-10,12H,11H2,1H3,(H2,20,21,22). The maximum atomic E-state index is 12.0. The van der Waals surface area contributed by atoms with Gasteiger partial charge in [-0.3, -0.25) is 4.98 Å². The van der Waals surface area contributed by atoms with Crippen molar-refractivity contribution < 1.29 is 9.53 Å². The predicted octanol–water partition coefficient (Wildman–Crippen LogP) is 4.14. The Hall–Kier alpha value is -2.86. The third-order valence-corrected chi connectivity index (χ3v) is 4.11. The summed E-state index contributed by atoms with van der Waals surface area (Å²) in [5.41, 5.74) is 3.67. The molecular formula is C18H17N3O2S. The van der Waals surface area contributed by atoms with Crippen molar-refractivity contribution in [3.63, 3.8) is 0 Å². The second-order valence-corrected chi connectivity index (χ2v) is 5.88. The monoisotopic (exact) mass is 339 g/mol. The molecule has 2 N–H and O–H groups in total. The zero-order valence-electron chi connectivity index (χ0n) is 13.2. The molecule has 0 spiro atoms. The quantitative estimate of drug-likeness (QED) is 0.734. The molecule has 2 aromatic heterocycles. The summed E-state index contributed by atoms with van der Waals surface area (Å²) in [4.78, 5) is 16.4. The van der Waals surface area contributed by atoms with Crippen LogP contribution in [0.25, 0.3) is 11.3 Å². The first-order chi connectivity index (χ1) is 11.7. The second-order valence-electron chi connectivity index (χ2n) is 5.10. The Labute approximate surface area is 144 Å². The molecule has 0 saturated heterocycles. The minimum absolute atomic E-state index is 0.267. The van der Waals surface area contributed by atoms with Crippen LogP contribution in [0.2, 0.25) is 0 Å². The molecule has 2 heterocycles. The number of amides is 2. The van der Waals surface area contributed by atoms with Gasteiger partial charge in [0.05, 0.1) is 12.8 Å². The number of methoxy groups -OCH3 is 1. The molecule has 2 amide bonds. The molecule has 0 atom stereocenters. The van der Waals surface area contributed by atoms with Crippen molar-refractivity contribution >= 4 is 23.1 Å². The number of pyridine rings is 1. The van der Waals surface area contributed by atoms with Gasteiger partial charge >= 0.3 is 6.03 Å². The lowest BCUT2D eigenvalue weighted by Crippen LogP contribution is -2.28. The second kappa shape index (κ2) is 7.61. The van der Waals surface area contributed by atoms with Gasteiger partial charge in [-0.05, 0) is 41.3 Å². The number of carbonyl (C=O) groups excluding carboxylic acids is 1. The van der Waals surface area contributed by atoms with E-state index in [1.165, 1.54) is 0 Å². The summed E-state index contributed by atoms with van der Waals surface area (Å²) < 4.78 is 5.14. The van der Waals surface area contributed by atoms with Gasteiger partial charge in [-0.25, -0.2) is 4.79 Å². The Morgan fingerprint density at radius 2 is 2.17 bits per heavy atom. The number of ether oxygens (including phenoxy) is 1. The van der Waals surface area contributed by atoms with Gasteiger partial charge in [0.2, 0.25) is 0 Å². The minimum atomic E-state index is -0.267. The lowest BCUT2D eigenvalue weighted by atomic mass is 10.1. The normalized spacial score (nSPS) is 10.2. The maximum Gasteiger partial charge on any atom is 0.319 e. The predicted molar refractivity (Wildman–Crippen MR) is 96.4 cm³/mol. The molecule has 1 aromatic carbocycles. The number of urea groups is 1. The van der Waals surface area contributed by atoms with Crippen molar-refractivity contribution in [3.8, 4) is 17.0 Å². The molecule has 0 aliphatic carbocycles. The number of thiophene rings is 1. The largest absolute Gasteiger partial charge is 0.497 e. The average molecular weight is 339 g/mol. The molecule has 0 unspecified atom stereocenters. The van der Waals surface area contributed by atoms with E-state index in [0.717, 1.165) is 16.8 Å². The fourth-order valence-electron chi connectivity index (χ4n) is 2.21. The molecule has 3 aromatic rings. The number of anilines is 1. The lowest BCUT2D eigenvalue weighted by Gasteiger charge is -2.09. The van der Waals surface area contributed by atoms with Crippen LogP contribution in [0, 0.1) is 0 Å². The molecule has 6 heteroatoms. The first kappa shape index (κ1) is 16.0. The van der Waals surface area contributed by atoms with E-state index >= 15 is 0 Å². The Kier molecular flexibility index (Phi) is 5.08. The first-order valence-electron chi connectivity index (χ1n) is 7.41. The number of rotatable bonds is 5. The zero-order chi connectivity index (χ0) is 16.8. The Morgan fingerprint density at radius 3 is 2.96 bits per heavy atom. The smallest absolute Gasteiger partial charge is 0.319 e. The third kappa shape index (κ3) is 4.11. The van der Waals surface area contributed by atoms with Gasteiger partial charge < -0.3 is 15.4 Å². The Bertz CT molecular complexity index is 819. The molecular weight excluding hydrogens is 322 g/mol. The summed E-state index contributed by atoms with van der Waals surface area (Å²) in [5, 5.41) is 9.69. The highest BCUT2D eigenvalue weighted by atomic mass is 32.1. The molecule has 0 aliphatic heterocycles. The van der Waals surface area contributed by atoms with Crippen LogP contribution in [-0.2, 0) is 6.54 Å². The van der Waals surface area contributed by atoms with E-state index in [9.17, 15) is 4.79 Å². The molecule has 122 valence electrons. The van der Waals surface area contributed by atoms with Crippen LogP contribution in [-0.4, -0.2) is 18.1 Å². The highest BCUT2D eigenvalue weighted by Crippen LogP contribution is 2.20. The number of aromatic nitrogens is 1. The van der Waals surface area contributed by atoms with Gasteiger partial charge in [0.15, 0.2) is 0 Å². The van der Waals surface area contributed by atoms with Gasteiger partial charge in [0, 0.05) is 35.4 Å². The van der Waals surface area contributed by atoms with E-state index in [1.54, 1.807) is 30.7 Å². The summed E-state index contributed by atoms with van der Waals surface area (Å²) in [6.45, 7) is 0.426. The fourth-order valence-corrected chi connectivity index (χ4v) is 2.86. The number of hydrogen-bond donors (Lipinski definition) is 2. The highest BCUT2D eigenvalue weighted by molar-refractivity contribution is 7.08. The molecule has 0 radical (unpaired) electrons. The van der Waals surface area contributed by atoms with Crippen molar-refractivity contribution in [2.75, 3.05) is 12.4 Å². The van der Waals surface area contributed by atoms with Gasteiger partial charge in [-0.2, -0.15) is 11.3 Å². The highest BCUT2D eigenvalue weighted by Gasteiger charge is 2.05. The van der Waals surface area contributed by atoms with Gasteiger partial charge in [-0.1, -0.05) is 6.07 Å². The number of carbonyl (C=O) groups is 1. The Morgan fingerprint density at radius 1 is 1.25 bits per heavy atom. The van der Waals surface area contributed by atoms with E-state index in [-0.39, 0.29) is 6.03 Å². The topological polar surface area (TPSA) is 63.2 Å². The van der Waals surface area contributed by atoms with Crippen molar-refractivity contribution in [1.29, 1.82) is 0 Å². The lowest BCUT2D eigenvalue weighted by molar-refractivity contribution is 0.251. The van der Waals surface area contributed by atoms with Crippen molar-refractivity contribution in [1.82, 2.24) is 10.3 Å². The average Bonchev–Trinajstić information content (AvgIpc) is 3.15. The van der Waals surface area contributed by atoms with Gasteiger partial charge in [0.25, 0.3) is 0 Å². The van der Waals surface area contributed by atoms with Crippen LogP contribution in [0.15, 0.2) is 59.4 Å². The van der Waals surface area contributed by atoms with Crippen LogP contribution in [0.4, 0.5) is 10.5 Å². The van der Waals surface area contributed by atoms with Gasteiger partial charge in [0.1, 0.15) is 5.75 Å². The fraction of sp³-hybridized carbons (Fsp3) is 0.111. The van der Waals surface area contributed by atoms with E-state index in [4.69, 9.17) is 4.74 Å². The summed E-state index contributed by atoms with van der Waals surface area (Å²) in [7, 11) is 1.59. The van der Waals surface area contributed by atoms with Crippen LogP contribution in [0.5, 0.6) is 5.75 Å². The van der Waals surface area contributed by atoms with Crippen molar-refractivity contribution in [2.24, 2.45) is 0 Å². The Balaban J connectivity index is 1.59. The van der Waals surface area contributed by atoms with E-state index in [1.807, 2.05) is 41.8 Å². The molecule has 0 bridgehead atoms. The summed E-state index contributed by atoms with van der Waals surface area (Å²) >= 11 is 1.63. The van der Waals surface area contributed by atoms with Gasteiger partial charge in [-0.15, -0.1) is 0 Å². The maximum absolute atomic E-state index is 12.0. The number of nitrogens with zero attached hydrogens (tertiary/aromatic N) is 1. The van der Waals surface area contributed by atoms with Crippen LogP contribution >= 0.6 is 11.3 Å². The summed E-state index contributed by atoms with van der Waals surface area (Å²) in [6.07, 6.45) is 1.75. The molecule has 0 saturated carbocycles. The minimum Gasteiger partial charge on any atom is -0.497 e. The van der Waals surface area contributed by atoms with E-state index < -0.39 is 0 Å². The summed E-state index contributed by atoms with van der Waals surface area (Å²) in [5.74, 6) is 0.697. The third-order valence-electron chi connectivity index (χ3n) is 3.42. The molecule has 5 nitrogen and oxygen atoms in total. The molecule has 0 fully saturated rings. The first-order valence-corrected chi connectivity index (χ1v) is 8.35. The number of nitrogens with one attached hydrogen (secondary N) is 2. The van der Waals surface area contributed by atoms with Crippen molar-refractivity contribution in [2.45, 2.75) is 6.54 Å².